The lowest BCUT2D eigenvalue weighted by Gasteiger charge is -2.20. The van der Waals surface area contributed by atoms with Gasteiger partial charge in [0.2, 0.25) is 0 Å². The van der Waals surface area contributed by atoms with Gasteiger partial charge in [-0.25, -0.2) is 0 Å². The molecule has 94 valence electrons. The number of methoxy groups -OCH3 is 1. The summed E-state index contributed by atoms with van der Waals surface area (Å²) >= 11 is 0. The molecule has 1 saturated carbocycles. The largest absolute Gasteiger partial charge is 0.493 e. The third-order valence-electron chi connectivity index (χ3n) is 3.31. The molecule has 2 N–H and O–H groups in total. The molecular weight excluding hydrogens is 214 g/mol. The van der Waals surface area contributed by atoms with Crippen LogP contribution in [0.5, 0.6) is 11.5 Å². The number of hydrogen-bond acceptors (Lipinski definition) is 3. The first-order valence-electron chi connectivity index (χ1n) is 6.31. The molecule has 1 unspecified atom stereocenters. The predicted octanol–water partition coefficient (Wildman–Crippen LogP) is 3.04. The number of nitrogens with two attached hydrogens (primary N) is 1. The van der Waals surface area contributed by atoms with Gasteiger partial charge in [0.15, 0.2) is 11.5 Å². The summed E-state index contributed by atoms with van der Waals surface area (Å²) in [6.45, 7) is 1.97. The molecule has 3 heteroatoms. The van der Waals surface area contributed by atoms with Crippen LogP contribution in [-0.4, -0.2) is 13.2 Å². The molecule has 0 heterocycles. The molecule has 0 saturated heterocycles. The highest BCUT2D eigenvalue weighted by Gasteiger charge is 2.21. The molecule has 1 aliphatic carbocycles. The van der Waals surface area contributed by atoms with Crippen LogP contribution in [0.4, 0.5) is 0 Å². The second-order valence-electron chi connectivity index (χ2n) is 4.69. The number of ether oxygens (including phenoxy) is 2. The van der Waals surface area contributed by atoms with Crippen molar-refractivity contribution in [2.24, 2.45) is 5.73 Å². The first kappa shape index (κ1) is 12.2. The Hall–Kier alpha value is -1.22. The van der Waals surface area contributed by atoms with Crippen LogP contribution in [0.1, 0.15) is 44.2 Å². The van der Waals surface area contributed by atoms with E-state index in [1.165, 1.54) is 12.8 Å². The maximum Gasteiger partial charge on any atom is 0.166 e. The highest BCUT2D eigenvalue weighted by Crippen LogP contribution is 2.36. The van der Waals surface area contributed by atoms with Gasteiger partial charge in [0.05, 0.1) is 13.2 Å². The number of hydrogen-bond donors (Lipinski definition) is 1. The van der Waals surface area contributed by atoms with Gasteiger partial charge < -0.3 is 15.2 Å². The number of para-hydroxylation sites is 1. The molecule has 0 amide bonds. The summed E-state index contributed by atoms with van der Waals surface area (Å²) in [6, 6.07) is 5.86. The fourth-order valence-electron chi connectivity index (χ4n) is 2.35. The predicted molar refractivity (Wildman–Crippen MR) is 68.5 cm³/mol. The van der Waals surface area contributed by atoms with Gasteiger partial charge in [-0.1, -0.05) is 12.1 Å². The zero-order chi connectivity index (χ0) is 12.3. The van der Waals surface area contributed by atoms with Crippen LogP contribution < -0.4 is 15.2 Å². The second kappa shape index (κ2) is 5.41. The maximum absolute atomic E-state index is 6.08. The van der Waals surface area contributed by atoms with Crippen molar-refractivity contribution in [2.75, 3.05) is 7.11 Å². The average molecular weight is 235 g/mol. The molecule has 3 nitrogen and oxygen atoms in total. The Balaban J connectivity index is 2.27. The molecule has 0 radical (unpaired) electrons. The highest BCUT2D eigenvalue weighted by molar-refractivity contribution is 5.48. The molecule has 1 aliphatic rings. The lowest BCUT2D eigenvalue weighted by atomic mass is 10.1. The van der Waals surface area contributed by atoms with E-state index in [1.807, 2.05) is 25.1 Å². The monoisotopic (exact) mass is 235 g/mol. The first-order valence-corrected chi connectivity index (χ1v) is 6.31. The van der Waals surface area contributed by atoms with Gasteiger partial charge in [-0.15, -0.1) is 0 Å². The van der Waals surface area contributed by atoms with Crippen molar-refractivity contribution in [1.82, 2.24) is 0 Å². The van der Waals surface area contributed by atoms with E-state index < -0.39 is 0 Å². The van der Waals surface area contributed by atoms with E-state index in [4.69, 9.17) is 15.2 Å². The second-order valence-corrected chi connectivity index (χ2v) is 4.69. The summed E-state index contributed by atoms with van der Waals surface area (Å²) in [7, 11) is 1.67. The van der Waals surface area contributed by atoms with Crippen LogP contribution in [0.2, 0.25) is 0 Å². The Labute approximate surface area is 103 Å². The molecule has 0 bridgehead atoms. The topological polar surface area (TPSA) is 44.5 Å². The van der Waals surface area contributed by atoms with E-state index in [-0.39, 0.29) is 6.04 Å². The minimum Gasteiger partial charge on any atom is -0.493 e. The van der Waals surface area contributed by atoms with Crippen LogP contribution in [0, 0.1) is 0 Å². The Morgan fingerprint density at radius 1 is 1.29 bits per heavy atom. The number of benzene rings is 1. The highest BCUT2D eigenvalue weighted by atomic mass is 16.5. The molecule has 1 atom stereocenters. The third kappa shape index (κ3) is 2.72. The van der Waals surface area contributed by atoms with Crippen LogP contribution in [0.15, 0.2) is 18.2 Å². The van der Waals surface area contributed by atoms with Crippen LogP contribution in [0.25, 0.3) is 0 Å². The Morgan fingerprint density at radius 2 is 2.00 bits per heavy atom. The van der Waals surface area contributed by atoms with Gasteiger partial charge in [0.25, 0.3) is 0 Å². The van der Waals surface area contributed by atoms with Gasteiger partial charge in [0.1, 0.15) is 0 Å². The summed E-state index contributed by atoms with van der Waals surface area (Å²) in [5.41, 5.74) is 7.00. The van der Waals surface area contributed by atoms with E-state index in [0.717, 1.165) is 29.9 Å². The van der Waals surface area contributed by atoms with Crippen molar-refractivity contribution in [2.45, 2.75) is 44.8 Å². The van der Waals surface area contributed by atoms with Crippen LogP contribution in [-0.2, 0) is 0 Å². The molecule has 1 aromatic rings. The minimum absolute atomic E-state index is 0.0403. The Bertz CT molecular complexity index is 370. The van der Waals surface area contributed by atoms with Crippen molar-refractivity contribution in [3.8, 4) is 11.5 Å². The van der Waals surface area contributed by atoms with Crippen LogP contribution in [0.3, 0.4) is 0 Å². The van der Waals surface area contributed by atoms with Gasteiger partial charge in [0, 0.05) is 11.6 Å². The van der Waals surface area contributed by atoms with E-state index in [2.05, 4.69) is 0 Å². The van der Waals surface area contributed by atoms with Crippen molar-refractivity contribution >= 4 is 0 Å². The molecule has 0 aliphatic heterocycles. The standard InChI is InChI=1S/C14H21NO2/c1-10(15)12-8-5-9-13(16-2)14(12)17-11-6-3-4-7-11/h5,8-11H,3-4,6-7,15H2,1-2H3. The normalized spacial score (nSPS) is 18.1. The number of rotatable bonds is 4. The van der Waals surface area contributed by atoms with E-state index in [1.54, 1.807) is 7.11 Å². The van der Waals surface area contributed by atoms with Gasteiger partial charge in [-0.2, -0.15) is 0 Å². The van der Waals surface area contributed by atoms with Crippen molar-refractivity contribution in [3.63, 3.8) is 0 Å². The molecule has 1 aromatic carbocycles. The van der Waals surface area contributed by atoms with Gasteiger partial charge in [-0.3, -0.25) is 0 Å². The fourth-order valence-corrected chi connectivity index (χ4v) is 2.35. The summed E-state index contributed by atoms with van der Waals surface area (Å²) in [6.07, 6.45) is 5.11. The lowest BCUT2D eigenvalue weighted by Crippen LogP contribution is -2.15. The van der Waals surface area contributed by atoms with E-state index in [9.17, 15) is 0 Å². The van der Waals surface area contributed by atoms with E-state index in [0.29, 0.717) is 6.10 Å². The summed E-state index contributed by atoms with van der Waals surface area (Å²) in [5.74, 6) is 1.61. The molecular formula is C14H21NO2. The fraction of sp³-hybridized carbons (Fsp3) is 0.571. The van der Waals surface area contributed by atoms with E-state index >= 15 is 0 Å². The SMILES string of the molecule is COc1cccc(C(C)N)c1OC1CCCC1. The molecule has 0 aromatic heterocycles. The quantitative estimate of drug-likeness (QED) is 0.872. The van der Waals surface area contributed by atoms with Crippen molar-refractivity contribution in [1.29, 1.82) is 0 Å². The lowest BCUT2D eigenvalue weighted by molar-refractivity contribution is 0.198. The third-order valence-corrected chi connectivity index (χ3v) is 3.31. The molecule has 1 fully saturated rings. The minimum atomic E-state index is -0.0403. The maximum atomic E-state index is 6.08. The summed E-state index contributed by atoms with van der Waals surface area (Å²) < 4.78 is 11.5. The summed E-state index contributed by atoms with van der Waals surface area (Å²) in [4.78, 5) is 0. The zero-order valence-electron chi connectivity index (χ0n) is 10.6. The molecule has 17 heavy (non-hydrogen) atoms. The van der Waals surface area contributed by atoms with Crippen LogP contribution >= 0.6 is 0 Å². The molecule has 0 spiro atoms. The van der Waals surface area contributed by atoms with Gasteiger partial charge in [-0.05, 0) is 38.7 Å². The Kier molecular flexibility index (Phi) is 3.89. The van der Waals surface area contributed by atoms with Gasteiger partial charge >= 0.3 is 0 Å². The zero-order valence-corrected chi connectivity index (χ0v) is 10.6. The average Bonchev–Trinajstić information content (AvgIpc) is 2.82. The molecule has 2 rings (SSSR count). The summed E-state index contributed by atoms with van der Waals surface area (Å²) in [5, 5.41) is 0. The Morgan fingerprint density at radius 3 is 2.59 bits per heavy atom. The van der Waals surface area contributed by atoms with Crippen molar-refractivity contribution in [3.05, 3.63) is 23.8 Å². The smallest absolute Gasteiger partial charge is 0.166 e. The van der Waals surface area contributed by atoms with Crippen molar-refractivity contribution < 1.29 is 9.47 Å². The first-order chi connectivity index (χ1) is 8.22.